The summed E-state index contributed by atoms with van der Waals surface area (Å²) in [6.07, 6.45) is 6.60. The van der Waals surface area contributed by atoms with E-state index >= 15 is 0 Å². The summed E-state index contributed by atoms with van der Waals surface area (Å²) in [6.45, 7) is 1.34. The summed E-state index contributed by atoms with van der Waals surface area (Å²) >= 11 is 0. The fraction of sp³-hybridized carbons (Fsp3) is 0.208. The number of aryl methyl sites for hydroxylation is 1. The Kier molecular flexibility index (Phi) is 7.64. The molecular weight excluding hydrogens is 408 g/mol. The molecule has 2 N–H and O–H groups in total. The average molecular weight is 432 g/mol. The van der Waals surface area contributed by atoms with E-state index in [0.29, 0.717) is 17.7 Å². The van der Waals surface area contributed by atoms with Gasteiger partial charge in [0.1, 0.15) is 0 Å². The zero-order chi connectivity index (χ0) is 22.9. The quantitative estimate of drug-likeness (QED) is 0.296. The number of aromatic amines is 1. The average Bonchev–Trinajstić information content (AvgIpc) is 2.77. The number of carbonyl (C=O) groups excluding carboxylic acids is 1. The number of H-pyrrole nitrogens is 1. The maximum absolute atomic E-state index is 12.7. The number of benzene rings is 2. The first-order chi connectivity index (χ1) is 15.4. The van der Waals surface area contributed by atoms with Gasteiger partial charge >= 0.3 is 0 Å². The summed E-state index contributed by atoms with van der Waals surface area (Å²) in [5.74, 6) is -0.257. The van der Waals surface area contributed by atoms with Crippen molar-refractivity contribution < 1.29 is 9.72 Å². The Morgan fingerprint density at radius 1 is 1.06 bits per heavy atom. The van der Waals surface area contributed by atoms with Crippen LogP contribution in [0.3, 0.4) is 0 Å². The molecule has 0 saturated carbocycles. The lowest BCUT2D eigenvalue weighted by atomic mass is 10.0. The molecule has 164 valence electrons. The predicted molar refractivity (Wildman–Crippen MR) is 124 cm³/mol. The normalized spacial score (nSPS) is 10.9. The van der Waals surface area contributed by atoms with Crippen LogP contribution >= 0.6 is 0 Å². The third-order valence-electron chi connectivity index (χ3n) is 4.86. The van der Waals surface area contributed by atoms with Crippen LogP contribution < -0.4 is 10.9 Å². The number of amides is 1. The lowest BCUT2D eigenvalue weighted by Gasteiger charge is -2.08. The number of nitro groups is 1. The standard InChI is InChI=1S/C24H24N4O4/c1-17(29)25-24-26-22(16-13-19-11-14-20(15-12-19)28(31)32)21(23(30)27-24)10-6-5-9-18-7-3-2-4-8-18/h2-4,7-8,11-16H,5-6,9-10H2,1H3,(H2,25,26,27,29,30)/b16-13+. The van der Waals surface area contributed by atoms with E-state index in [4.69, 9.17) is 0 Å². The SMILES string of the molecule is CC(=O)Nc1nc(/C=C/c2ccc([N+](=O)[O-])cc2)c(CCCCc2ccccc2)c(=O)[nH]1. The molecule has 8 nitrogen and oxygen atoms in total. The number of unbranched alkanes of at least 4 members (excludes halogenated alkanes) is 1. The first-order valence-electron chi connectivity index (χ1n) is 10.3. The van der Waals surface area contributed by atoms with Gasteiger partial charge < -0.3 is 0 Å². The highest BCUT2D eigenvalue weighted by atomic mass is 16.6. The Morgan fingerprint density at radius 2 is 1.75 bits per heavy atom. The minimum atomic E-state index is -0.459. The number of anilines is 1. The summed E-state index contributed by atoms with van der Waals surface area (Å²) in [5, 5.41) is 13.3. The molecule has 0 bridgehead atoms. The molecule has 1 amide bonds. The number of non-ortho nitro benzene ring substituents is 1. The Labute approximate surface area is 185 Å². The molecule has 0 aliphatic carbocycles. The first kappa shape index (κ1) is 22.6. The van der Waals surface area contributed by atoms with Gasteiger partial charge in [0, 0.05) is 24.6 Å². The molecule has 0 unspecified atom stereocenters. The summed E-state index contributed by atoms with van der Waals surface area (Å²) in [7, 11) is 0. The Morgan fingerprint density at radius 3 is 2.41 bits per heavy atom. The second-order valence-corrected chi connectivity index (χ2v) is 7.33. The van der Waals surface area contributed by atoms with E-state index in [-0.39, 0.29) is 23.1 Å². The molecule has 0 aliphatic rings. The van der Waals surface area contributed by atoms with Crippen LogP contribution in [0.25, 0.3) is 12.2 Å². The molecule has 8 heteroatoms. The number of aromatic nitrogens is 2. The maximum Gasteiger partial charge on any atom is 0.269 e. The summed E-state index contributed by atoms with van der Waals surface area (Å²) in [4.78, 5) is 41.4. The highest BCUT2D eigenvalue weighted by Gasteiger charge is 2.11. The van der Waals surface area contributed by atoms with Gasteiger partial charge in [-0.3, -0.25) is 30.0 Å². The largest absolute Gasteiger partial charge is 0.296 e. The number of hydrogen-bond donors (Lipinski definition) is 2. The molecule has 2 aromatic carbocycles. The van der Waals surface area contributed by atoms with Crippen molar-refractivity contribution in [3.05, 3.63) is 97.4 Å². The van der Waals surface area contributed by atoms with Crippen molar-refractivity contribution in [3.8, 4) is 0 Å². The van der Waals surface area contributed by atoms with Crippen molar-refractivity contribution in [1.29, 1.82) is 0 Å². The molecule has 0 spiro atoms. The maximum atomic E-state index is 12.7. The van der Waals surface area contributed by atoms with Crippen LogP contribution in [0.5, 0.6) is 0 Å². The number of hydrogen-bond acceptors (Lipinski definition) is 5. The van der Waals surface area contributed by atoms with Crippen molar-refractivity contribution in [2.45, 2.75) is 32.6 Å². The molecule has 0 radical (unpaired) electrons. The van der Waals surface area contributed by atoms with Crippen LogP contribution in [0.4, 0.5) is 11.6 Å². The van der Waals surface area contributed by atoms with Gasteiger partial charge in [-0.05, 0) is 55.0 Å². The van der Waals surface area contributed by atoms with Gasteiger partial charge in [0.2, 0.25) is 11.9 Å². The number of nitrogens with zero attached hydrogens (tertiary/aromatic N) is 2. The monoisotopic (exact) mass is 432 g/mol. The molecule has 1 heterocycles. The minimum absolute atomic E-state index is 0.00322. The van der Waals surface area contributed by atoms with Gasteiger partial charge in [0.25, 0.3) is 11.2 Å². The number of nitrogens with one attached hydrogen (secondary N) is 2. The van der Waals surface area contributed by atoms with Gasteiger partial charge in [-0.2, -0.15) is 0 Å². The fourth-order valence-corrected chi connectivity index (χ4v) is 3.28. The fourth-order valence-electron chi connectivity index (χ4n) is 3.28. The van der Waals surface area contributed by atoms with E-state index in [2.05, 4.69) is 27.4 Å². The molecular formula is C24H24N4O4. The van der Waals surface area contributed by atoms with Gasteiger partial charge in [0.15, 0.2) is 0 Å². The Bertz CT molecular complexity index is 1170. The topological polar surface area (TPSA) is 118 Å². The molecule has 3 aromatic rings. The zero-order valence-corrected chi connectivity index (χ0v) is 17.7. The van der Waals surface area contributed by atoms with E-state index in [0.717, 1.165) is 24.8 Å². The van der Waals surface area contributed by atoms with Crippen LogP contribution in [0.15, 0.2) is 59.4 Å². The van der Waals surface area contributed by atoms with Crippen molar-refractivity contribution in [2.75, 3.05) is 5.32 Å². The van der Waals surface area contributed by atoms with Crippen molar-refractivity contribution in [1.82, 2.24) is 9.97 Å². The molecule has 3 rings (SSSR count). The summed E-state index contributed by atoms with van der Waals surface area (Å²) in [5.41, 5.74) is 2.67. The predicted octanol–water partition coefficient (Wildman–Crippen LogP) is 4.37. The van der Waals surface area contributed by atoms with Crippen LogP contribution in [-0.2, 0) is 17.6 Å². The molecule has 0 saturated heterocycles. The molecule has 0 fully saturated rings. The molecule has 0 atom stereocenters. The van der Waals surface area contributed by atoms with Gasteiger partial charge in [0.05, 0.1) is 10.6 Å². The van der Waals surface area contributed by atoms with Crippen LogP contribution in [-0.4, -0.2) is 20.8 Å². The van der Waals surface area contributed by atoms with Gasteiger partial charge in [-0.25, -0.2) is 4.98 Å². The smallest absolute Gasteiger partial charge is 0.269 e. The Balaban J connectivity index is 1.79. The Hall–Kier alpha value is -4.07. The third-order valence-corrected chi connectivity index (χ3v) is 4.86. The van der Waals surface area contributed by atoms with Crippen LogP contribution in [0, 0.1) is 10.1 Å². The van der Waals surface area contributed by atoms with Crippen molar-refractivity contribution >= 4 is 29.7 Å². The lowest BCUT2D eigenvalue weighted by molar-refractivity contribution is -0.384. The molecule has 1 aromatic heterocycles. The summed E-state index contributed by atoms with van der Waals surface area (Å²) < 4.78 is 0. The van der Waals surface area contributed by atoms with Crippen LogP contribution in [0.2, 0.25) is 0 Å². The van der Waals surface area contributed by atoms with E-state index in [1.807, 2.05) is 18.2 Å². The second kappa shape index (κ2) is 10.8. The first-order valence-corrected chi connectivity index (χ1v) is 10.3. The van der Waals surface area contributed by atoms with Gasteiger partial charge in [-0.15, -0.1) is 0 Å². The number of rotatable bonds is 9. The number of nitro benzene ring substituents is 1. The van der Waals surface area contributed by atoms with E-state index < -0.39 is 4.92 Å². The highest BCUT2D eigenvalue weighted by molar-refractivity contribution is 5.86. The lowest BCUT2D eigenvalue weighted by Crippen LogP contribution is -2.21. The van der Waals surface area contributed by atoms with Gasteiger partial charge in [-0.1, -0.05) is 36.4 Å². The van der Waals surface area contributed by atoms with E-state index in [1.54, 1.807) is 24.3 Å². The zero-order valence-electron chi connectivity index (χ0n) is 17.7. The second-order valence-electron chi connectivity index (χ2n) is 7.33. The van der Waals surface area contributed by atoms with Crippen molar-refractivity contribution in [2.24, 2.45) is 0 Å². The highest BCUT2D eigenvalue weighted by Crippen LogP contribution is 2.16. The molecule has 32 heavy (non-hydrogen) atoms. The van der Waals surface area contributed by atoms with E-state index in [9.17, 15) is 19.7 Å². The third kappa shape index (κ3) is 6.46. The van der Waals surface area contributed by atoms with E-state index in [1.165, 1.54) is 24.6 Å². The molecule has 0 aliphatic heterocycles. The number of carbonyl (C=O) groups is 1. The minimum Gasteiger partial charge on any atom is -0.296 e. The van der Waals surface area contributed by atoms with Crippen molar-refractivity contribution in [3.63, 3.8) is 0 Å². The van der Waals surface area contributed by atoms with Crippen LogP contribution in [0.1, 0.15) is 42.1 Å². The summed E-state index contributed by atoms with van der Waals surface area (Å²) in [6, 6.07) is 16.2.